The SMILES string of the molecule is CCC(=O)/C=C\C(=O)c1ccccc1C. The fourth-order valence-electron chi connectivity index (χ4n) is 1.23. The van der Waals surface area contributed by atoms with Crippen molar-refractivity contribution in [1.29, 1.82) is 0 Å². The molecule has 0 bridgehead atoms. The molecule has 0 heterocycles. The molecule has 1 rings (SSSR count). The number of benzene rings is 1. The van der Waals surface area contributed by atoms with Gasteiger partial charge in [-0.2, -0.15) is 0 Å². The monoisotopic (exact) mass is 202 g/mol. The van der Waals surface area contributed by atoms with Gasteiger partial charge in [0.2, 0.25) is 0 Å². The molecule has 0 fully saturated rings. The number of carbonyl (C=O) groups is 2. The van der Waals surface area contributed by atoms with Crippen molar-refractivity contribution in [3.63, 3.8) is 0 Å². The van der Waals surface area contributed by atoms with Crippen LogP contribution in [0.3, 0.4) is 0 Å². The van der Waals surface area contributed by atoms with E-state index in [0.29, 0.717) is 12.0 Å². The predicted molar refractivity (Wildman–Crippen MR) is 59.9 cm³/mol. The first kappa shape index (κ1) is 11.4. The van der Waals surface area contributed by atoms with Crippen LogP contribution in [0.2, 0.25) is 0 Å². The van der Waals surface area contributed by atoms with Crippen LogP contribution in [0, 0.1) is 6.92 Å². The van der Waals surface area contributed by atoms with Gasteiger partial charge >= 0.3 is 0 Å². The van der Waals surface area contributed by atoms with Gasteiger partial charge in [-0.1, -0.05) is 31.2 Å². The first-order valence-electron chi connectivity index (χ1n) is 4.96. The van der Waals surface area contributed by atoms with Crippen LogP contribution in [-0.2, 0) is 4.79 Å². The van der Waals surface area contributed by atoms with Crippen molar-refractivity contribution in [2.45, 2.75) is 20.3 Å². The van der Waals surface area contributed by atoms with Gasteiger partial charge in [-0.05, 0) is 24.6 Å². The molecule has 2 nitrogen and oxygen atoms in total. The second kappa shape index (κ2) is 5.25. The minimum absolute atomic E-state index is 0.0306. The quantitative estimate of drug-likeness (QED) is 0.555. The Balaban J connectivity index is 2.83. The van der Waals surface area contributed by atoms with Crippen molar-refractivity contribution in [2.75, 3.05) is 0 Å². The lowest BCUT2D eigenvalue weighted by Crippen LogP contribution is -1.98. The molecular formula is C13H14O2. The van der Waals surface area contributed by atoms with Crippen LogP contribution >= 0.6 is 0 Å². The summed E-state index contributed by atoms with van der Waals surface area (Å²) in [4.78, 5) is 22.6. The summed E-state index contributed by atoms with van der Waals surface area (Å²) in [5, 5.41) is 0. The minimum Gasteiger partial charge on any atom is -0.295 e. The summed E-state index contributed by atoms with van der Waals surface area (Å²) in [6, 6.07) is 7.34. The second-order valence-corrected chi connectivity index (χ2v) is 3.33. The van der Waals surface area contributed by atoms with Crippen LogP contribution in [0.15, 0.2) is 36.4 Å². The van der Waals surface area contributed by atoms with E-state index in [2.05, 4.69) is 0 Å². The van der Waals surface area contributed by atoms with E-state index in [-0.39, 0.29) is 11.6 Å². The molecule has 1 aromatic rings. The third-order valence-electron chi connectivity index (χ3n) is 2.18. The van der Waals surface area contributed by atoms with Crippen molar-refractivity contribution < 1.29 is 9.59 Å². The fourth-order valence-corrected chi connectivity index (χ4v) is 1.23. The van der Waals surface area contributed by atoms with Crippen molar-refractivity contribution >= 4 is 11.6 Å². The molecule has 0 atom stereocenters. The molecule has 2 heteroatoms. The van der Waals surface area contributed by atoms with Gasteiger partial charge < -0.3 is 0 Å². The molecular weight excluding hydrogens is 188 g/mol. The van der Waals surface area contributed by atoms with E-state index in [9.17, 15) is 9.59 Å². The van der Waals surface area contributed by atoms with E-state index >= 15 is 0 Å². The fraction of sp³-hybridized carbons (Fsp3) is 0.231. The lowest BCUT2D eigenvalue weighted by Gasteiger charge is -1.99. The van der Waals surface area contributed by atoms with Crippen molar-refractivity contribution in [3.8, 4) is 0 Å². The van der Waals surface area contributed by atoms with Crippen molar-refractivity contribution in [3.05, 3.63) is 47.5 Å². The van der Waals surface area contributed by atoms with Gasteiger partial charge in [0.25, 0.3) is 0 Å². The molecule has 0 aliphatic rings. The maximum atomic E-state index is 11.6. The maximum Gasteiger partial charge on any atom is 0.186 e. The van der Waals surface area contributed by atoms with E-state index < -0.39 is 0 Å². The Morgan fingerprint density at radius 3 is 2.47 bits per heavy atom. The molecule has 1 aromatic carbocycles. The summed E-state index contributed by atoms with van der Waals surface area (Å²) < 4.78 is 0. The number of carbonyl (C=O) groups excluding carboxylic acids is 2. The van der Waals surface area contributed by atoms with Crippen LogP contribution < -0.4 is 0 Å². The number of ketones is 2. The standard InChI is InChI=1S/C13H14O2/c1-3-11(14)8-9-13(15)12-7-5-4-6-10(12)2/h4-9H,3H2,1-2H3/b9-8-. The summed E-state index contributed by atoms with van der Waals surface area (Å²) >= 11 is 0. The van der Waals surface area contributed by atoms with E-state index in [4.69, 9.17) is 0 Å². The smallest absolute Gasteiger partial charge is 0.186 e. The number of aryl methyl sites for hydroxylation is 1. The van der Waals surface area contributed by atoms with Gasteiger partial charge in [0.05, 0.1) is 0 Å². The van der Waals surface area contributed by atoms with Crippen LogP contribution in [0.5, 0.6) is 0 Å². The highest BCUT2D eigenvalue weighted by Gasteiger charge is 2.04. The number of hydrogen-bond acceptors (Lipinski definition) is 2. The Labute approximate surface area is 89.6 Å². The lowest BCUT2D eigenvalue weighted by atomic mass is 10.0. The van der Waals surface area contributed by atoms with Gasteiger partial charge in [0, 0.05) is 12.0 Å². The Kier molecular flexibility index (Phi) is 3.98. The first-order valence-corrected chi connectivity index (χ1v) is 4.96. The molecule has 0 N–H and O–H groups in total. The summed E-state index contributed by atoms with van der Waals surface area (Å²) in [5.41, 5.74) is 1.58. The molecule has 0 aromatic heterocycles. The Morgan fingerprint density at radius 1 is 1.20 bits per heavy atom. The number of rotatable bonds is 4. The average molecular weight is 202 g/mol. The molecule has 0 aliphatic carbocycles. The molecule has 0 unspecified atom stereocenters. The summed E-state index contributed by atoms with van der Waals surface area (Å²) in [6.07, 6.45) is 3.11. The maximum absolute atomic E-state index is 11.6. The number of allylic oxidation sites excluding steroid dienone is 2. The molecule has 0 saturated carbocycles. The van der Waals surface area contributed by atoms with Crippen LogP contribution in [-0.4, -0.2) is 11.6 Å². The van der Waals surface area contributed by atoms with Crippen molar-refractivity contribution in [2.24, 2.45) is 0 Å². The summed E-state index contributed by atoms with van der Waals surface area (Å²) in [5.74, 6) is -0.146. The van der Waals surface area contributed by atoms with Gasteiger partial charge in [0.15, 0.2) is 11.6 Å². The zero-order valence-electron chi connectivity index (χ0n) is 8.99. The minimum atomic E-state index is -0.116. The zero-order valence-corrected chi connectivity index (χ0v) is 8.99. The van der Waals surface area contributed by atoms with Crippen LogP contribution in [0.25, 0.3) is 0 Å². The number of hydrogen-bond donors (Lipinski definition) is 0. The summed E-state index contributed by atoms with van der Waals surface area (Å²) in [7, 11) is 0. The lowest BCUT2D eigenvalue weighted by molar-refractivity contribution is -0.114. The highest BCUT2D eigenvalue weighted by molar-refractivity contribution is 6.08. The Bertz CT molecular complexity index is 403. The van der Waals surface area contributed by atoms with Gasteiger partial charge in [0.1, 0.15) is 0 Å². The third kappa shape index (κ3) is 3.17. The van der Waals surface area contributed by atoms with E-state index in [1.165, 1.54) is 12.2 Å². The third-order valence-corrected chi connectivity index (χ3v) is 2.18. The second-order valence-electron chi connectivity index (χ2n) is 3.33. The first-order chi connectivity index (χ1) is 7.15. The zero-order chi connectivity index (χ0) is 11.3. The molecule has 0 saturated heterocycles. The predicted octanol–water partition coefficient (Wildman–Crippen LogP) is 2.71. The Hall–Kier alpha value is -1.70. The highest BCUT2D eigenvalue weighted by atomic mass is 16.1. The van der Waals surface area contributed by atoms with E-state index in [0.717, 1.165) is 5.56 Å². The van der Waals surface area contributed by atoms with Gasteiger partial charge in [-0.15, -0.1) is 0 Å². The average Bonchev–Trinajstić information content (AvgIpc) is 2.26. The van der Waals surface area contributed by atoms with Gasteiger partial charge in [-0.25, -0.2) is 0 Å². The van der Waals surface area contributed by atoms with E-state index in [1.54, 1.807) is 13.0 Å². The summed E-state index contributed by atoms with van der Waals surface area (Å²) in [6.45, 7) is 3.65. The van der Waals surface area contributed by atoms with Crippen molar-refractivity contribution in [1.82, 2.24) is 0 Å². The highest BCUT2D eigenvalue weighted by Crippen LogP contribution is 2.08. The molecule has 15 heavy (non-hydrogen) atoms. The van der Waals surface area contributed by atoms with Crippen LogP contribution in [0.4, 0.5) is 0 Å². The molecule has 78 valence electrons. The molecule has 0 amide bonds. The van der Waals surface area contributed by atoms with E-state index in [1.807, 2.05) is 25.1 Å². The molecule has 0 radical (unpaired) electrons. The Morgan fingerprint density at radius 2 is 1.87 bits per heavy atom. The topological polar surface area (TPSA) is 34.1 Å². The largest absolute Gasteiger partial charge is 0.295 e. The van der Waals surface area contributed by atoms with Gasteiger partial charge in [-0.3, -0.25) is 9.59 Å². The van der Waals surface area contributed by atoms with Crippen LogP contribution in [0.1, 0.15) is 29.3 Å². The normalized spacial score (nSPS) is 10.5. The molecule has 0 aliphatic heterocycles. The molecule has 0 spiro atoms.